The summed E-state index contributed by atoms with van der Waals surface area (Å²) in [5.74, 6) is 2.31. The standard InChI is InChI=1S/C16H17ClN4OS/c17-12-7-10-1-2-13(19-15(10)23-12)18-14-8-16(22-20-14)9-21-5-3-11(16)4-6-21/h1-2,7,11H,3-6,8-9H2,(H,18,19,20). The highest BCUT2D eigenvalue weighted by Crippen LogP contribution is 2.43. The predicted octanol–water partition coefficient (Wildman–Crippen LogP) is 3.56. The second-order valence-electron chi connectivity index (χ2n) is 6.69. The molecule has 4 aliphatic rings. The van der Waals surface area contributed by atoms with E-state index >= 15 is 0 Å². The van der Waals surface area contributed by atoms with Gasteiger partial charge in [-0.2, -0.15) is 0 Å². The molecule has 0 aromatic carbocycles. The first-order valence-corrected chi connectivity index (χ1v) is 9.20. The van der Waals surface area contributed by atoms with Crippen molar-refractivity contribution in [2.24, 2.45) is 11.1 Å². The maximum Gasteiger partial charge on any atom is 0.160 e. The van der Waals surface area contributed by atoms with Crippen LogP contribution < -0.4 is 5.32 Å². The number of hydrogen-bond donors (Lipinski definition) is 1. The number of aromatic nitrogens is 1. The monoisotopic (exact) mass is 348 g/mol. The third-order valence-corrected chi connectivity index (χ3v) is 6.43. The van der Waals surface area contributed by atoms with Crippen molar-refractivity contribution in [2.75, 3.05) is 25.0 Å². The zero-order valence-corrected chi connectivity index (χ0v) is 14.2. The number of nitrogens with zero attached hydrogens (tertiary/aromatic N) is 3. The van der Waals surface area contributed by atoms with Gasteiger partial charge in [0.2, 0.25) is 0 Å². The Morgan fingerprint density at radius 3 is 3.00 bits per heavy atom. The fourth-order valence-corrected chi connectivity index (χ4v) is 5.19. The van der Waals surface area contributed by atoms with Gasteiger partial charge in [0.1, 0.15) is 10.6 Å². The second kappa shape index (κ2) is 5.06. The van der Waals surface area contributed by atoms with E-state index in [1.165, 1.54) is 37.3 Å². The minimum atomic E-state index is -0.116. The Labute approximate surface area is 143 Å². The maximum atomic E-state index is 6.05. The molecular formula is C16H17ClN4OS. The van der Waals surface area contributed by atoms with Gasteiger partial charge in [0.05, 0.1) is 10.8 Å². The lowest BCUT2D eigenvalue weighted by molar-refractivity contribution is -0.136. The minimum absolute atomic E-state index is 0.116. The van der Waals surface area contributed by atoms with E-state index in [0.717, 1.165) is 39.2 Å². The Morgan fingerprint density at radius 2 is 2.22 bits per heavy atom. The summed E-state index contributed by atoms with van der Waals surface area (Å²) in [5.41, 5.74) is -0.116. The van der Waals surface area contributed by atoms with E-state index in [4.69, 9.17) is 16.4 Å². The Bertz CT molecular complexity index is 798. The van der Waals surface area contributed by atoms with Crippen LogP contribution in [0, 0.1) is 5.92 Å². The molecule has 6 rings (SSSR count). The zero-order valence-electron chi connectivity index (χ0n) is 12.6. The molecule has 3 saturated heterocycles. The first-order valence-electron chi connectivity index (χ1n) is 8.01. The predicted molar refractivity (Wildman–Crippen MR) is 93.3 cm³/mol. The van der Waals surface area contributed by atoms with Crippen molar-refractivity contribution in [2.45, 2.75) is 24.9 Å². The van der Waals surface area contributed by atoms with Crippen LogP contribution in [0.5, 0.6) is 0 Å². The van der Waals surface area contributed by atoms with Gasteiger partial charge in [0.25, 0.3) is 0 Å². The molecule has 7 heteroatoms. The normalized spacial score (nSPS) is 32.3. The highest BCUT2D eigenvalue weighted by Gasteiger charge is 2.52. The van der Waals surface area contributed by atoms with Crippen molar-refractivity contribution < 1.29 is 4.84 Å². The van der Waals surface area contributed by atoms with Crippen LogP contribution in [-0.4, -0.2) is 41.0 Å². The summed E-state index contributed by atoms with van der Waals surface area (Å²) < 4.78 is 0.762. The summed E-state index contributed by atoms with van der Waals surface area (Å²) >= 11 is 7.54. The molecule has 1 atom stereocenters. The molecule has 4 aliphatic heterocycles. The van der Waals surface area contributed by atoms with Crippen LogP contribution in [0.15, 0.2) is 23.4 Å². The topological polar surface area (TPSA) is 49.8 Å². The molecule has 1 N–H and O–H groups in total. The van der Waals surface area contributed by atoms with Gasteiger partial charge in [-0.1, -0.05) is 16.8 Å². The SMILES string of the molecule is Clc1cc2ccc(NC3=NOC4(C3)CN3CCC4CC3)nc2s1. The highest BCUT2D eigenvalue weighted by molar-refractivity contribution is 7.22. The smallest absolute Gasteiger partial charge is 0.160 e. The number of nitrogens with one attached hydrogen (secondary N) is 1. The number of halogens is 1. The quantitative estimate of drug-likeness (QED) is 0.856. The zero-order chi connectivity index (χ0) is 15.4. The molecule has 6 heterocycles. The minimum Gasteiger partial charge on any atom is -0.386 e. The molecular weight excluding hydrogens is 332 g/mol. The molecule has 1 unspecified atom stereocenters. The number of anilines is 1. The summed E-state index contributed by atoms with van der Waals surface area (Å²) in [4.78, 5) is 14.0. The van der Waals surface area contributed by atoms with Gasteiger partial charge in [-0.15, -0.1) is 11.3 Å². The molecule has 23 heavy (non-hydrogen) atoms. The Balaban J connectivity index is 1.35. The van der Waals surface area contributed by atoms with Gasteiger partial charge >= 0.3 is 0 Å². The van der Waals surface area contributed by atoms with Crippen molar-refractivity contribution in [3.8, 4) is 0 Å². The van der Waals surface area contributed by atoms with Crippen LogP contribution in [-0.2, 0) is 4.84 Å². The Kier molecular flexibility index (Phi) is 3.08. The summed E-state index contributed by atoms with van der Waals surface area (Å²) in [6.07, 6.45) is 3.29. The van der Waals surface area contributed by atoms with Crippen LogP contribution in [0.4, 0.5) is 5.82 Å². The third kappa shape index (κ3) is 2.31. The number of fused-ring (bicyclic) bond motifs is 3. The summed E-state index contributed by atoms with van der Waals surface area (Å²) in [6, 6.07) is 5.94. The molecule has 2 aromatic heterocycles. The van der Waals surface area contributed by atoms with E-state index in [-0.39, 0.29) is 5.60 Å². The van der Waals surface area contributed by atoms with Crippen LogP contribution in [0.1, 0.15) is 19.3 Å². The molecule has 1 spiro atoms. The maximum absolute atomic E-state index is 6.05. The fraction of sp³-hybridized carbons (Fsp3) is 0.500. The third-order valence-electron chi connectivity index (χ3n) is 5.25. The van der Waals surface area contributed by atoms with Crippen LogP contribution in [0.25, 0.3) is 10.2 Å². The summed E-state index contributed by atoms with van der Waals surface area (Å²) in [6.45, 7) is 3.41. The first kappa shape index (κ1) is 14.0. The van der Waals surface area contributed by atoms with E-state index in [1.807, 2.05) is 18.2 Å². The first-order chi connectivity index (χ1) is 11.2. The molecule has 120 valence electrons. The van der Waals surface area contributed by atoms with Gasteiger partial charge < -0.3 is 10.2 Å². The Hall–Kier alpha value is -1.37. The van der Waals surface area contributed by atoms with E-state index in [0.29, 0.717) is 5.92 Å². The van der Waals surface area contributed by atoms with E-state index in [9.17, 15) is 0 Å². The van der Waals surface area contributed by atoms with Crippen LogP contribution in [0.2, 0.25) is 4.34 Å². The molecule has 2 bridgehead atoms. The van der Waals surface area contributed by atoms with Crippen molar-refractivity contribution in [1.29, 1.82) is 0 Å². The van der Waals surface area contributed by atoms with Gasteiger partial charge in [0, 0.05) is 17.8 Å². The number of hydrogen-bond acceptors (Lipinski definition) is 6. The molecule has 0 aliphatic carbocycles. The van der Waals surface area contributed by atoms with Crippen LogP contribution in [0.3, 0.4) is 0 Å². The molecule has 0 radical (unpaired) electrons. The molecule has 3 fully saturated rings. The van der Waals surface area contributed by atoms with Crippen molar-refractivity contribution in [1.82, 2.24) is 9.88 Å². The van der Waals surface area contributed by atoms with E-state index in [1.54, 1.807) is 0 Å². The average molecular weight is 349 g/mol. The summed E-state index contributed by atoms with van der Waals surface area (Å²) in [7, 11) is 0. The van der Waals surface area contributed by atoms with Gasteiger partial charge in [-0.05, 0) is 44.1 Å². The molecule has 5 nitrogen and oxygen atoms in total. The molecule has 2 aromatic rings. The van der Waals surface area contributed by atoms with Gasteiger partial charge in [0.15, 0.2) is 11.4 Å². The summed E-state index contributed by atoms with van der Waals surface area (Å²) in [5, 5.41) is 8.73. The molecule has 0 amide bonds. The van der Waals surface area contributed by atoms with Crippen LogP contribution >= 0.6 is 22.9 Å². The number of amidine groups is 1. The van der Waals surface area contributed by atoms with Crippen molar-refractivity contribution in [3.63, 3.8) is 0 Å². The molecule has 0 saturated carbocycles. The average Bonchev–Trinajstić information content (AvgIpc) is 3.11. The number of piperidine rings is 3. The highest BCUT2D eigenvalue weighted by atomic mass is 35.5. The van der Waals surface area contributed by atoms with E-state index in [2.05, 4.69) is 20.4 Å². The number of thiophene rings is 1. The lowest BCUT2D eigenvalue weighted by Crippen LogP contribution is -2.59. The fourth-order valence-electron chi connectivity index (χ4n) is 4.09. The lowest BCUT2D eigenvalue weighted by Gasteiger charge is -2.49. The number of pyridine rings is 1. The van der Waals surface area contributed by atoms with E-state index < -0.39 is 0 Å². The number of oxime groups is 1. The Morgan fingerprint density at radius 1 is 1.35 bits per heavy atom. The second-order valence-corrected chi connectivity index (χ2v) is 8.35. The van der Waals surface area contributed by atoms with Crippen molar-refractivity contribution in [3.05, 3.63) is 22.5 Å². The van der Waals surface area contributed by atoms with Gasteiger partial charge in [-0.3, -0.25) is 4.90 Å². The van der Waals surface area contributed by atoms with Gasteiger partial charge in [-0.25, -0.2) is 4.98 Å². The van der Waals surface area contributed by atoms with Crippen molar-refractivity contribution >= 4 is 44.8 Å². The lowest BCUT2D eigenvalue weighted by atomic mass is 9.73. The number of rotatable bonds is 1. The largest absolute Gasteiger partial charge is 0.386 e.